The van der Waals surface area contributed by atoms with Crippen molar-refractivity contribution in [2.24, 2.45) is 5.73 Å². The van der Waals surface area contributed by atoms with Gasteiger partial charge in [0, 0.05) is 23.6 Å². The van der Waals surface area contributed by atoms with Crippen molar-refractivity contribution in [2.45, 2.75) is 31.7 Å². The molecule has 90 valence electrons. The van der Waals surface area contributed by atoms with Crippen molar-refractivity contribution >= 4 is 0 Å². The van der Waals surface area contributed by atoms with Crippen LogP contribution in [0.1, 0.15) is 25.8 Å². The van der Waals surface area contributed by atoms with Crippen molar-refractivity contribution in [1.29, 1.82) is 0 Å². The molecular weight excluding hydrogens is 212 g/mol. The molecule has 2 unspecified atom stereocenters. The fourth-order valence-electron chi connectivity index (χ4n) is 1.86. The highest BCUT2D eigenvalue weighted by Crippen LogP contribution is 2.34. The summed E-state index contributed by atoms with van der Waals surface area (Å²) in [5, 5.41) is 8.99. The van der Waals surface area contributed by atoms with Crippen molar-refractivity contribution < 1.29 is 13.9 Å². The van der Waals surface area contributed by atoms with E-state index in [4.69, 9.17) is 10.8 Å². The van der Waals surface area contributed by atoms with E-state index in [0.29, 0.717) is 0 Å². The summed E-state index contributed by atoms with van der Waals surface area (Å²) in [6, 6.07) is 3.27. The average molecular weight is 229 g/mol. The van der Waals surface area contributed by atoms with Gasteiger partial charge in [0.05, 0.1) is 0 Å². The van der Waals surface area contributed by atoms with Crippen LogP contribution in [0, 0.1) is 11.6 Å². The number of rotatable bonds is 4. The average Bonchev–Trinajstić information content (AvgIpc) is 2.17. The molecule has 0 aliphatic carbocycles. The van der Waals surface area contributed by atoms with Gasteiger partial charge in [0.15, 0.2) is 0 Å². The van der Waals surface area contributed by atoms with Crippen LogP contribution in [-0.4, -0.2) is 17.8 Å². The minimum absolute atomic E-state index is 0.0425. The van der Waals surface area contributed by atoms with Crippen LogP contribution in [0.25, 0.3) is 0 Å². The van der Waals surface area contributed by atoms with Crippen molar-refractivity contribution in [3.8, 4) is 0 Å². The minimum Gasteiger partial charge on any atom is -0.396 e. The number of aliphatic hydroxyl groups excluding tert-OH is 1. The molecule has 0 saturated carbocycles. The number of nitrogens with two attached hydrogens (primary N) is 1. The third kappa shape index (κ3) is 2.23. The Kier molecular flexibility index (Phi) is 3.99. The normalized spacial score (nSPS) is 16.9. The fourth-order valence-corrected chi connectivity index (χ4v) is 1.86. The largest absolute Gasteiger partial charge is 0.396 e. The molecule has 1 rings (SSSR count). The lowest BCUT2D eigenvalue weighted by atomic mass is 9.74. The Balaban J connectivity index is 3.31. The predicted octanol–water partition coefficient (Wildman–Crippen LogP) is 1.95. The van der Waals surface area contributed by atoms with Gasteiger partial charge in [0.25, 0.3) is 0 Å². The summed E-state index contributed by atoms with van der Waals surface area (Å²) in [5.41, 5.74) is 4.84. The molecule has 0 aliphatic rings. The molecule has 16 heavy (non-hydrogen) atoms. The third-order valence-corrected chi connectivity index (χ3v) is 3.17. The Morgan fingerprint density at radius 3 is 2.25 bits per heavy atom. The van der Waals surface area contributed by atoms with Gasteiger partial charge in [0.1, 0.15) is 11.6 Å². The van der Waals surface area contributed by atoms with Gasteiger partial charge in [-0.1, -0.05) is 13.0 Å². The van der Waals surface area contributed by atoms with Crippen LogP contribution >= 0.6 is 0 Å². The zero-order valence-electron chi connectivity index (χ0n) is 9.50. The number of hydrogen-bond donors (Lipinski definition) is 2. The minimum atomic E-state index is -0.899. The van der Waals surface area contributed by atoms with E-state index in [1.807, 2.05) is 0 Å². The lowest BCUT2D eigenvalue weighted by Crippen LogP contribution is -2.43. The highest BCUT2D eigenvalue weighted by Gasteiger charge is 2.35. The van der Waals surface area contributed by atoms with E-state index in [1.54, 1.807) is 13.8 Å². The Hall–Kier alpha value is -1.00. The van der Waals surface area contributed by atoms with Gasteiger partial charge in [-0.25, -0.2) is 8.78 Å². The van der Waals surface area contributed by atoms with Gasteiger partial charge in [-0.05, 0) is 25.5 Å². The van der Waals surface area contributed by atoms with E-state index in [-0.39, 0.29) is 18.6 Å². The summed E-state index contributed by atoms with van der Waals surface area (Å²) in [6.07, 6.45) is 0.225. The molecule has 0 aliphatic heterocycles. The van der Waals surface area contributed by atoms with Crippen LogP contribution in [0.3, 0.4) is 0 Å². The van der Waals surface area contributed by atoms with Gasteiger partial charge in [-0.2, -0.15) is 0 Å². The van der Waals surface area contributed by atoms with Gasteiger partial charge in [0.2, 0.25) is 0 Å². The van der Waals surface area contributed by atoms with Crippen LogP contribution in [0.2, 0.25) is 0 Å². The number of benzene rings is 1. The molecule has 0 spiro atoms. The molecule has 0 heterocycles. The second-order valence-electron chi connectivity index (χ2n) is 4.28. The number of halogens is 2. The molecule has 0 radical (unpaired) electrons. The van der Waals surface area contributed by atoms with Gasteiger partial charge in [-0.15, -0.1) is 0 Å². The number of hydrogen-bond acceptors (Lipinski definition) is 2. The summed E-state index contributed by atoms with van der Waals surface area (Å²) in [5.74, 6) is -1.23. The molecule has 0 saturated heterocycles. The van der Waals surface area contributed by atoms with Crippen molar-refractivity contribution in [2.75, 3.05) is 6.61 Å². The number of aliphatic hydroxyl groups is 1. The van der Waals surface area contributed by atoms with Gasteiger partial charge < -0.3 is 10.8 Å². The Morgan fingerprint density at radius 2 is 1.88 bits per heavy atom. The van der Waals surface area contributed by atoms with Gasteiger partial charge in [-0.3, -0.25) is 0 Å². The molecule has 0 amide bonds. The summed E-state index contributed by atoms with van der Waals surface area (Å²) >= 11 is 0. The molecule has 0 fully saturated rings. The second kappa shape index (κ2) is 4.89. The van der Waals surface area contributed by atoms with E-state index in [0.717, 1.165) is 0 Å². The molecular formula is C12H17F2NO. The highest BCUT2D eigenvalue weighted by atomic mass is 19.1. The first-order chi connectivity index (χ1) is 7.43. The SMILES string of the molecule is CC(N)C(C)(CCO)c1c(F)cccc1F. The molecule has 2 atom stereocenters. The standard InChI is InChI=1S/C12H17F2NO/c1-8(15)12(2,6-7-16)11-9(13)4-3-5-10(11)14/h3-5,8,16H,6-7,15H2,1-2H3. The summed E-state index contributed by atoms with van der Waals surface area (Å²) in [6.45, 7) is 3.18. The zero-order valence-corrected chi connectivity index (χ0v) is 9.50. The van der Waals surface area contributed by atoms with E-state index in [1.165, 1.54) is 18.2 Å². The highest BCUT2D eigenvalue weighted by molar-refractivity contribution is 5.29. The smallest absolute Gasteiger partial charge is 0.129 e. The quantitative estimate of drug-likeness (QED) is 0.829. The maximum absolute atomic E-state index is 13.7. The topological polar surface area (TPSA) is 46.2 Å². The Bertz CT molecular complexity index is 348. The third-order valence-electron chi connectivity index (χ3n) is 3.17. The zero-order chi connectivity index (χ0) is 12.3. The van der Waals surface area contributed by atoms with E-state index in [2.05, 4.69) is 0 Å². The lowest BCUT2D eigenvalue weighted by Gasteiger charge is -2.34. The maximum atomic E-state index is 13.7. The monoisotopic (exact) mass is 229 g/mol. The van der Waals surface area contributed by atoms with Crippen LogP contribution in [0.4, 0.5) is 8.78 Å². The Labute approximate surface area is 94.1 Å². The summed E-state index contributed by atoms with van der Waals surface area (Å²) in [4.78, 5) is 0. The molecule has 0 bridgehead atoms. The lowest BCUT2D eigenvalue weighted by molar-refractivity contribution is 0.222. The van der Waals surface area contributed by atoms with Crippen LogP contribution in [0.15, 0.2) is 18.2 Å². The maximum Gasteiger partial charge on any atom is 0.129 e. The molecule has 3 N–H and O–H groups in total. The van der Waals surface area contributed by atoms with Crippen molar-refractivity contribution in [1.82, 2.24) is 0 Å². The molecule has 4 heteroatoms. The summed E-state index contributed by atoms with van der Waals surface area (Å²) in [7, 11) is 0. The van der Waals surface area contributed by atoms with Crippen LogP contribution in [0.5, 0.6) is 0 Å². The van der Waals surface area contributed by atoms with E-state index >= 15 is 0 Å². The molecule has 2 nitrogen and oxygen atoms in total. The first-order valence-corrected chi connectivity index (χ1v) is 5.24. The Morgan fingerprint density at radius 1 is 1.38 bits per heavy atom. The second-order valence-corrected chi connectivity index (χ2v) is 4.28. The predicted molar refractivity (Wildman–Crippen MR) is 59.1 cm³/mol. The van der Waals surface area contributed by atoms with Crippen molar-refractivity contribution in [3.05, 3.63) is 35.4 Å². The van der Waals surface area contributed by atoms with Gasteiger partial charge >= 0.3 is 0 Å². The van der Waals surface area contributed by atoms with Crippen LogP contribution < -0.4 is 5.73 Å². The fraction of sp³-hybridized carbons (Fsp3) is 0.500. The van der Waals surface area contributed by atoms with Crippen LogP contribution in [-0.2, 0) is 5.41 Å². The van der Waals surface area contributed by atoms with Crippen molar-refractivity contribution in [3.63, 3.8) is 0 Å². The van der Waals surface area contributed by atoms with E-state index < -0.39 is 23.1 Å². The molecule has 1 aromatic rings. The summed E-state index contributed by atoms with van der Waals surface area (Å²) < 4.78 is 27.3. The first kappa shape index (κ1) is 13.1. The van der Waals surface area contributed by atoms with E-state index in [9.17, 15) is 8.78 Å². The molecule has 0 aromatic heterocycles. The first-order valence-electron chi connectivity index (χ1n) is 5.24. The molecule has 1 aromatic carbocycles.